The molecular weight excluding hydrogens is 318 g/mol. The first-order chi connectivity index (χ1) is 11.9. The van der Waals surface area contributed by atoms with E-state index in [1.165, 1.54) is 0 Å². The molecule has 0 fully saturated rings. The molecule has 0 aliphatic carbocycles. The molecule has 0 aliphatic heterocycles. The van der Waals surface area contributed by atoms with E-state index in [0.29, 0.717) is 30.4 Å². The summed E-state index contributed by atoms with van der Waals surface area (Å²) in [7, 11) is 1.90. The molecule has 2 aromatic rings. The third-order valence-corrected chi connectivity index (χ3v) is 4.35. The average molecular weight is 345 g/mol. The lowest BCUT2D eigenvalue weighted by molar-refractivity contribution is 0.0702. The highest BCUT2D eigenvalue weighted by Gasteiger charge is 2.22. The lowest BCUT2D eigenvalue weighted by Crippen LogP contribution is -2.43. The lowest BCUT2D eigenvalue weighted by atomic mass is 10.2. The zero-order valence-electron chi connectivity index (χ0n) is 15.6. The molecule has 25 heavy (non-hydrogen) atoms. The van der Waals surface area contributed by atoms with Crippen molar-refractivity contribution in [1.29, 1.82) is 0 Å². The van der Waals surface area contributed by atoms with Crippen LogP contribution in [0.4, 0.5) is 5.82 Å². The summed E-state index contributed by atoms with van der Waals surface area (Å²) in [5.74, 6) is 1.06. The Morgan fingerprint density at radius 3 is 2.64 bits per heavy atom. The normalized spacial score (nSPS) is 12.1. The summed E-state index contributed by atoms with van der Waals surface area (Å²) in [6.07, 6.45) is 0. The van der Waals surface area contributed by atoms with E-state index in [2.05, 4.69) is 15.3 Å². The number of rotatable bonds is 7. The number of carbonyl (C=O) groups is 1. The molecule has 2 aromatic heterocycles. The summed E-state index contributed by atoms with van der Waals surface area (Å²) < 4.78 is 1.91. The summed E-state index contributed by atoms with van der Waals surface area (Å²) >= 11 is 0. The first-order valence-corrected chi connectivity index (χ1v) is 8.50. The first kappa shape index (κ1) is 18.9. The number of hydrogen-bond acceptors (Lipinski definition) is 5. The second-order valence-electron chi connectivity index (χ2n) is 6.21. The highest BCUT2D eigenvalue weighted by molar-refractivity contribution is 5.93. The van der Waals surface area contributed by atoms with Crippen LogP contribution in [0.15, 0.2) is 18.2 Å². The van der Waals surface area contributed by atoms with Gasteiger partial charge >= 0.3 is 0 Å². The summed E-state index contributed by atoms with van der Waals surface area (Å²) in [5.41, 5.74) is 2.53. The van der Waals surface area contributed by atoms with Gasteiger partial charge in [0.1, 0.15) is 18.1 Å². The van der Waals surface area contributed by atoms with Gasteiger partial charge < -0.3 is 19.9 Å². The van der Waals surface area contributed by atoms with E-state index in [9.17, 15) is 9.90 Å². The number of aliphatic hydroxyl groups is 1. The predicted octanol–water partition coefficient (Wildman–Crippen LogP) is 1.89. The van der Waals surface area contributed by atoms with Gasteiger partial charge in [0.25, 0.3) is 5.91 Å². The van der Waals surface area contributed by atoms with Gasteiger partial charge in [-0.1, -0.05) is 0 Å². The Kier molecular flexibility index (Phi) is 6.14. The van der Waals surface area contributed by atoms with Crippen LogP contribution < -0.4 is 5.32 Å². The standard InChI is InChI=1S/C18H27N5O2/c1-6-23(18(25)15-8-7-13(3)22(15)5)14(4)10-19-16-9-12(2)20-17(11-24)21-16/h7-9,14,24H,6,10-11H2,1-5H3,(H,19,20,21)/t14-/m1/s1. The van der Waals surface area contributed by atoms with Gasteiger partial charge in [-0.3, -0.25) is 4.79 Å². The number of amides is 1. The Morgan fingerprint density at radius 2 is 2.08 bits per heavy atom. The zero-order valence-corrected chi connectivity index (χ0v) is 15.6. The van der Waals surface area contributed by atoms with Gasteiger partial charge in [-0.05, 0) is 39.8 Å². The van der Waals surface area contributed by atoms with E-state index in [1.807, 2.05) is 62.4 Å². The molecule has 7 nitrogen and oxygen atoms in total. The van der Waals surface area contributed by atoms with Gasteiger partial charge in [0.05, 0.1) is 0 Å². The minimum Gasteiger partial charge on any atom is -0.388 e. The molecule has 1 amide bonds. The summed E-state index contributed by atoms with van der Waals surface area (Å²) in [5, 5.41) is 12.4. The van der Waals surface area contributed by atoms with Crippen LogP contribution in [-0.4, -0.2) is 49.6 Å². The van der Waals surface area contributed by atoms with Crippen LogP contribution in [-0.2, 0) is 13.7 Å². The molecule has 0 spiro atoms. The van der Waals surface area contributed by atoms with Gasteiger partial charge in [-0.2, -0.15) is 0 Å². The molecule has 0 aromatic carbocycles. The van der Waals surface area contributed by atoms with E-state index < -0.39 is 0 Å². The number of nitrogens with one attached hydrogen (secondary N) is 1. The van der Waals surface area contributed by atoms with Crippen molar-refractivity contribution >= 4 is 11.7 Å². The number of aliphatic hydroxyl groups excluding tert-OH is 1. The Balaban J connectivity index is 2.07. The Bertz CT molecular complexity index is 741. The molecule has 0 saturated heterocycles. The molecule has 1 atom stereocenters. The summed E-state index contributed by atoms with van der Waals surface area (Å²) in [6, 6.07) is 5.62. The lowest BCUT2D eigenvalue weighted by Gasteiger charge is -2.28. The van der Waals surface area contributed by atoms with E-state index in [1.54, 1.807) is 0 Å². The summed E-state index contributed by atoms with van der Waals surface area (Å²) in [4.78, 5) is 23.1. The molecule has 7 heteroatoms. The van der Waals surface area contributed by atoms with Crippen LogP contribution in [0.1, 0.15) is 41.5 Å². The van der Waals surface area contributed by atoms with Crippen LogP contribution in [0.5, 0.6) is 0 Å². The predicted molar refractivity (Wildman–Crippen MR) is 97.5 cm³/mol. The number of anilines is 1. The fraction of sp³-hybridized carbons (Fsp3) is 0.500. The number of carbonyl (C=O) groups excluding carboxylic acids is 1. The highest BCUT2D eigenvalue weighted by atomic mass is 16.3. The third-order valence-electron chi connectivity index (χ3n) is 4.35. The number of aromatic nitrogens is 3. The average Bonchev–Trinajstić information content (AvgIpc) is 2.92. The number of aryl methyl sites for hydroxylation is 2. The molecule has 0 saturated carbocycles. The smallest absolute Gasteiger partial charge is 0.270 e. The van der Waals surface area contributed by atoms with Crippen molar-refractivity contribution in [2.24, 2.45) is 7.05 Å². The van der Waals surface area contributed by atoms with Crippen molar-refractivity contribution < 1.29 is 9.90 Å². The van der Waals surface area contributed by atoms with Gasteiger partial charge in [0, 0.05) is 43.6 Å². The third kappa shape index (κ3) is 4.36. The number of nitrogens with zero attached hydrogens (tertiary/aromatic N) is 4. The monoisotopic (exact) mass is 345 g/mol. The van der Waals surface area contributed by atoms with Crippen molar-refractivity contribution in [1.82, 2.24) is 19.4 Å². The van der Waals surface area contributed by atoms with Crippen LogP contribution in [0.25, 0.3) is 0 Å². The maximum absolute atomic E-state index is 12.8. The Labute approximate surface area is 148 Å². The van der Waals surface area contributed by atoms with Crippen molar-refractivity contribution in [3.05, 3.63) is 41.1 Å². The van der Waals surface area contributed by atoms with Crippen molar-refractivity contribution in [2.75, 3.05) is 18.4 Å². The van der Waals surface area contributed by atoms with E-state index in [-0.39, 0.29) is 18.6 Å². The molecule has 2 heterocycles. The van der Waals surface area contributed by atoms with E-state index in [0.717, 1.165) is 11.4 Å². The highest BCUT2D eigenvalue weighted by Crippen LogP contribution is 2.13. The summed E-state index contributed by atoms with van der Waals surface area (Å²) in [6.45, 7) is 8.80. The fourth-order valence-corrected chi connectivity index (χ4v) is 2.78. The van der Waals surface area contributed by atoms with Gasteiger partial charge in [-0.25, -0.2) is 9.97 Å². The van der Waals surface area contributed by atoms with Crippen LogP contribution >= 0.6 is 0 Å². The first-order valence-electron chi connectivity index (χ1n) is 8.50. The van der Waals surface area contributed by atoms with E-state index >= 15 is 0 Å². The topological polar surface area (TPSA) is 83.3 Å². The van der Waals surface area contributed by atoms with Gasteiger partial charge in [-0.15, -0.1) is 0 Å². The van der Waals surface area contributed by atoms with Crippen LogP contribution in [0.3, 0.4) is 0 Å². The SMILES string of the molecule is CCN(C(=O)c1ccc(C)n1C)[C@H](C)CNc1cc(C)nc(CO)n1. The maximum atomic E-state index is 12.8. The van der Waals surface area contributed by atoms with Crippen LogP contribution in [0, 0.1) is 13.8 Å². The molecule has 2 N–H and O–H groups in total. The van der Waals surface area contributed by atoms with Crippen LogP contribution in [0.2, 0.25) is 0 Å². The molecule has 0 radical (unpaired) electrons. The Hall–Kier alpha value is -2.41. The van der Waals surface area contributed by atoms with E-state index in [4.69, 9.17) is 0 Å². The Morgan fingerprint density at radius 1 is 1.36 bits per heavy atom. The van der Waals surface area contributed by atoms with Gasteiger partial charge in [0.2, 0.25) is 0 Å². The second kappa shape index (κ2) is 8.11. The molecule has 0 unspecified atom stereocenters. The minimum absolute atomic E-state index is 0.0134. The zero-order chi connectivity index (χ0) is 18.6. The fourth-order valence-electron chi connectivity index (χ4n) is 2.78. The minimum atomic E-state index is -0.196. The van der Waals surface area contributed by atoms with Crippen molar-refractivity contribution in [2.45, 2.75) is 40.3 Å². The molecule has 2 rings (SSSR count). The number of likely N-dealkylation sites (N-methyl/N-ethyl adjacent to an activating group) is 1. The van der Waals surface area contributed by atoms with Gasteiger partial charge in [0.15, 0.2) is 5.82 Å². The molecule has 0 aliphatic rings. The maximum Gasteiger partial charge on any atom is 0.270 e. The van der Waals surface area contributed by atoms with Crippen molar-refractivity contribution in [3.63, 3.8) is 0 Å². The number of hydrogen-bond donors (Lipinski definition) is 2. The van der Waals surface area contributed by atoms with Crippen molar-refractivity contribution in [3.8, 4) is 0 Å². The molecule has 136 valence electrons. The molecule has 0 bridgehead atoms. The second-order valence-corrected chi connectivity index (χ2v) is 6.21. The quantitative estimate of drug-likeness (QED) is 0.801. The largest absolute Gasteiger partial charge is 0.388 e. The molecular formula is C18H27N5O2.